The van der Waals surface area contributed by atoms with Crippen LogP contribution >= 0.6 is 11.6 Å². The van der Waals surface area contributed by atoms with Crippen LogP contribution in [0, 0.1) is 23.7 Å². The van der Waals surface area contributed by atoms with E-state index in [0.717, 1.165) is 24.0 Å². The van der Waals surface area contributed by atoms with Crippen molar-refractivity contribution in [1.29, 1.82) is 0 Å². The van der Waals surface area contributed by atoms with Gasteiger partial charge >= 0.3 is 5.97 Å². The molecule has 0 unspecified atom stereocenters. The molecule has 2 amide bonds. The van der Waals surface area contributed by atoms with Crippen LogP contribution in [0.5, 0.6) is 5.75 Å². The van der Waals surface area contributed by atoms with E-state index in [1.165, 1.54) is 22.1 Å². The van der Waals surface area contributed by atoms with E-state index in [4.69, 9.17) is 21.4 Å². The number of unbranched alkanes of at least 4 members (excludes halogenated alkanes) is 2. The van der Waals surface area contributed by atoms with Gasteiger partial charge in [0, 0.05) is 18.9 Å². The quantitative estimate of drug-likeness (QED) is 0.206. The smallest absolute Gasteiger partial charge is 0.303 e. The number of carboxylic acid groups (broad SMARTS) is 1. The fourth-order valence-electron chi connectivity index (χ4n) is 6.30. The molecule has 0 saturated carbocycles. The molecule has 1 aromatic carbocycles. The molecule has 1 aromatic rings. The summed E-state index contributed by atoms with van der Waals surface area (Å²) in [6.45, 7) is 7.16. The molecule has 206 valence electrons. The molecule has 0 bridgehead atoms. The van der Waals surface area contributed by atoms with Gasteiger partial charge in [0.25, 0.3) is 0 Å². The molecule has 1 aliphatic carbocycles. The van der Waals surface area contributed by atoms with E-state index in [1.807, 2.05) is 6.08 Å². The lowest BCUT2D eigenvalue weighted by atomic mass is 9.67. The fourth-order valence-corrected chi connectivity index (χ4v) is 6.53. The number of nitrogens with zero attached hydrogens (tertiary/aromatic N) is 1. The van der Waals surface area contributed by atoms with Crippen LogP contribution in [0.2, 0.25) is 5.02 Å². The lowest BCUT2D eigenvalue weighted by Gasteiger charge is -2.33. The summed E-state index contributed by atoms with van der Waals surface area (Å²) in [7, 11) is 0. The third-order valence-corrected chi connectivity index (χ3v) is 8.52. The first kappa shape index (κ1) is 28.4. The Hall–Kier alpha value is -2.64. The third-order valence-electron chi connectivity index (χ3n) is 8.19. The number of amides is 2. The molecule has 2 fully saturated rings. The van der Waals surface area contributed by atoms with E-state index in [0.29, 0.717) is 43.9 Å². The van der Waals surface area contributed by atoms with Gasteiger partial charge in [0.05, 0.1) is 29.6 Å². The third kappa shape index (κ3) is 5.99. The number of allylic oxidation sites excluding steroid dienone is 2. The zero-order chi connectivity index (χ0) is 27.6. The van der Waals surface area contributed by atoms with Crippen molar-refractivity contribution >= 4 is 35.5 Å². The summed E-state index contributed by atoms with van der Waals surface area (Å²) in [5, 5.41) is 18.9. The van der Waals surface area contributed by atoms with Crippen molar-refractivity contribution in [2.45, 2.75) is 71.8 Å². The number of hydrogen-bond acceptors (Lipinski definition) is 5. The van der Waals surface area contributed by atoms with Crippen LogP contribution in [0.3, 0.4) is 0 Å². The summed E-state index contributed by atoms with van der Waals surface area (Å²) in [6, 6.07) is 4.94. The summed E-state index contributed by atoms with van der Waals surface area (Å²) in [6.07, 6.45) is 6.09. The van der Waals surface area contributed by atoms with Crippen LogP contribution in [0.25, 0.3) is 6.08 Å². The predicted octanol–water partition coefficient (Wildman–Crippen LogP) is 5.85. The largest absolute Gasteiger partial charge is 0.508 e. The maximum Gasteiger partial charge on any atom is 0.303 e. The molecule has 0 radical (unpaired) electrons. The minimum atomic E-state index is -0.824. The Labute approximate surface area is 229 Å². The van der Waals surface area contributed by atoms with E-state index in [2.05, 4.69) is 20.8 Å². The van der Waals surface area contributed by atoms with Crippen molar-refractivity contribution < 1.29 is 29.3 Å². The highest BCUT2D eigenvalue weighted by Gasteiger charge is 2.56. The van der Waals surface area contributed by atoms with Gasteiger partial charge in [0.15, 0.2) is 0 Å². The Bertz CT molecular complexity index is 1160. The minimum Gasteiger partial charge on any atom is -0.508 e. The second-order valence-electron chi connectivity index (χ2n) is 11.2. The van der Waals surface area contributed by atoms with E-state index in [-0.39, 0.29) is 53.8 Å². The summed E-state index contributed by atoms with van der Waals surface area (Å²) in [5.41, 5.74) is 4.48. The number of benzene rings is 1. The fraction of sp³-hybridized carbons (Fsp3) is 0.567. The van der Waals surface area contributed by atoms with Crippen molar-refractivity contribution in [3.63, 3.8) is 0 Å². The molecule has 7 nitrogen and oxygen atoms in total. The lowest BCUT2D eigenvalue weighted by Crippen LogP contribution is -2.35. The maximum absolute atomic E-state index is 13.5. The molecule has 4 atom stereocenters. The Kier molecular flexibility index (Phi) is 8.99. The van der Waals surface area contributed by atoms with Gasteiger partial charge in [-0.25, -0.2) is 0 Å². The van der Waals surface area contributed by atoms with Crippen LogP contribution in [-0.2, 0) is 19.1 Å². The number of phenols is 1. The molecule has 38 heavy (non-hydrogen) atoms. The highest BCUT2D eigenvalue weighted by Crippen LogP contribution is 2.51. The van der Waals surface area contributed by atoms with E-state index >= 15 is 0 Å². The standard InChI is InChI=1S/C30H38ClNO6/c1-17(2)21-15-22-28(30(37)32(29(22)36)12-6-4-5-7-26(34)35)23-16-38-25(27(21)23)11-8-18(3)13-19-9-10-20(33)14-24(19)31/h9-10,13-14,17,22-23,25,28,33H,4-8,11-12,15-16H2,1-3H3,(H,34,35)/b18-13+/t22-,23+,25-,28-/m1/s1. The number of halogens is 1. The summed E-state index contributed by atoms with van der Waals surface area (Å²) in [4.78, 5) is 39.0. The molecule has 2 saturated heterocycles. The van der Waals surface area contributed by atoms with Crippen molar-refractivity contribution in [2.24, 2.45) is 23.7 Å². The number of phenolic OH excluding ortho intramolecular Hbond substituents is 1. The van der Waals surface area contributed by atoms with Crippen LogP contribution in [0.4, 0.5) is 0 Å². The first-order valence-corrected chi connectivity index (χ1v) is 14.0. The second kappa shape index (κ2) is 12.0. The van der Waals surface area contributed by atoms with Gasteiger partial charge in [-0.05, 0) is 74.3 Å². The SMILES string of the molecule is C/C(=C\c1ccc(O)cc1Cl)CC[C@H]1OC[C@H]2C1=C(C(C)C)C[C@H]1C(=O)N(CCCCCC(=O)O)C(=O)[C@H]12. The van der Waals surface area contributed by atoms with E-state index < -0.39 is 5.97 Å². The highest BCUT2D eigenvalue weighted by molar-refractivity contribution is 6.32. The molecule has 8 heteroatoms. The number of carbonyl (C=O) groups is 3. The average Bonchev–Trinajstić information content (AvgIpc) is 3.37. The molecule has 0 aromatic heterocycles. The lowest BCUT2D eigenvalue weighted by molar-refractivity contribution is -0.141. The van der Waals surface area contributed by atoms with Gasteiger partial charge in [0.1, 0.15) is 5.75 Å². The monoisotopic (exact) mass is 543 g/mol. The van der Waals surface area contributed by atoms with Crippen molar-refractivity contribution in [2.75, 3.05) is 13.2 Å². The highest BCUT2D eigenvalue weighted by atomic mass is 35.5. The normalized spacial score (nSPS) is 25.4. The van der Waals surface area contributed by atoms with E-state index in [1.54, 1.807) is 12.1 Å². The van der Waals surface area contributed by atoms with Crippen LogP contribution in [-0.4, -0.2) is 52.2 Å². The van der Waals surface area contributed by atoms with Gasteiger partial charge in [-0.3, -0.25) is 19.3 Å². The number of carboxylic acids is 1. The van der Waals surface area contributed by atoms with Crippen molar-refractivity contribution in [3.05, 3.63) is 45.5 Å². The number of likely N-dealkylation sites (tertiary alicyclic amines) is 1. The number of rotatable bonds is 11. The molecule has 2 heterocycles. The molecular weight excluding hydrogens is 506 g/mol. The van der Waals surface area contributed by atoms with Gasteiger partial charge in [-0.1, -0.05) is 49.1 Å². The van der Waals surface area contributed by atoms with Gasteiger partial charge < -0.3 is 14.9 Å². The average molecular weight is 544 g/mol. The molecule has 0 spiro atoms. The van der Waals surface area contributed by atoms with Gasteiger partial charge in [0.2, 0.25) is 11.8 Å². The molecule has 2 N–H and O–H groups in total. The first-order chi connectivity index (χ1) is 18.1. The Balaban J connectivity index is 1.45. The summed E-state index contributed by atoms with van der Waals surface area (Å²) in [5.74, 6) is -1.36. The van der Waals surface area contributed by atoms with Crippen LogP contribution in [0.1, 0.15) is 71.3 Å². The number of aromatic hydroxyl groups is 1. The first-order valence-electron chi connectivity index (χ1n) is 13.7. The molecule has 3 aliphatic rings. The Morgan fingerprint density at radius 3 is 2.61 bits per heavy atom. The Morgan fingerprint density at radius 1 is 1.16 bits per heavy atom. The van der Waals surface area contributed by atoms with Gasteiger partial charge in [-0.2, -0.15) is 0 Å². The zero-order valence-corrected chi connectivity index (χ0v) is 23.2. The maximum atomic E-state index is 13.5. The second-order valence-corrected chi connectivity index (χ2v) is 11.6. The predicted molar refractivity (Wildman–Crippen MR) is 146 cm³/mol. The van der Waals surface area contributed by atoms with Crippen LogP contribution < -0.4 is 0 Å². The van der Waals surface area contributed by atoms with Crippen molar-refractivity contribution in [1.82, 2.24) is 4.90 Å². The number of imide groups is 1. The van der Waals surface area contributed by atoms with E-state index in [9.17, 15) is 19.5 Å². The van der Waals surface area contributed by atoms with Crippen molar-refractivity contribution in [3.8, 4) is 5.75 Å². The summed E-state index contributed by atoms with van der Waals surface area (Å²) >= 11 is 6.27. The molecule has 2 aliphatic heterocycles. The molecule has 4 rings (SSSR count). The number of carbonyl (C=O) groups excluding carboxylic acids is 2. The number of hydrogen-bond donors (Lipinski definition) is 2. The molecular formula is C30H38ClNO6. The summed E-state index contributed by atoms with van der Waals surface area (Å²) < 4.78 is 6.30. The van der Waals surface area contributed by atoms with Crippen LogP contribution in [0.15, 0.2) is 34.9 Å². The topological polar surface area (TPSA) is 104 Å². The minimum absolute atomic E-state index is 0.0690. The Morgan fingerprint density at radius 2 is 1.92 bits per heavy atom. The number of aliphatic carboxylic acids is 1. The van der Waals surface area contributed by atoms with Gasteiger partial charge in [-0.15, -0.1) is 0 Å². The number of fused-ring (bicyclic) bond motifs is 3. The zero-order valence-electron chi connectivity index (χ0n) is 22.4. The number of ether oxygens (including phenoxy) is 1.